The first-order valence-electron chi connectivity index (χ1n) is 48.8. The molecule has 18 rings (SSSR count). The summed E-state index contributed by atoms with van der Waals surface area (Å²) in [7, 11) is 6.25. The van der Waals surface area contributed by atoms with Gasteiger partial charge in [0, 0.05) is 135 Å². The van der Waals surface area contributed by atoms with Crippen molar-refractivity contribution >= 4 is 92.1 Å². The van der Waals surface area contributed by atoms with Gasteiger partial charge >= 0.3 is 0 Å². The molecule has 0 aromatic heterocycles. The van der Waals surface area contributed by atoms with Crippen LogP contribution in [0.2, 0.25) is 0 Å². The van der Waals surface area contributed by atoms with E-state index in [2.05, 4.69) is 147 Å². The molecule has 24 nitrogen and oxygen atoms in total. The molecule has 27 heteroatoms. The van der Waals surface area contributed by atoms with Crippen LogP contribution < -0.4 is 38.2 Å². The normalized spacial score (nSPS) is 17.2. The van der Waals surface area contributed by atoms with E-state index in [1.54, 1.807) is 28.4 Å². The van der Waals surface area contributed by atoms with Crippen LogP contribution in [0.4, 0.5) is 22.7 Å². The average Bonchev–Trinajstić information content (AvgIpc) is 1.66. The second-order valence-corrected chi connectivity index (χ2v) is 43.5. The van der Waals surface area contributed by atoms with E-state index < -0.39 is 0 Å². The number of carbonyl (C=O) groups is 4. The number of anilines is 2. The minimum Gasteiger partial charge on any atom is -0.493 e. The van der Waals surface area contributed by atoms with Gasteiger partial charge in [-0.1, -0.05) is 116 Å². The minimum absolute atomic E-state index is 0. The zero-order valence-corrected chi connectivity index (χ0v) is 84.9. The number of hydrogen-bond donors (Lipinski definition) is 1. The van der Waals surface area contributed by atoms with Gasteiger partial charge in [0.25, 0.3) is 23.6 Å². The first-order valence-corrected chi connectivity index (χ1v) is 51.8. The van der Waals surface area contributed by atoms with Crippen molar-refractivity contribution in [3.63, 3.8) is 0 Å². The van der Waals surface area contributed by atoms with E-state index >= 15 is 0 Å². The number of aliphatic imine (C=N–C) groups is 2. The van der Waals surface area contributed by atoms with E-state index in [-0.39, 0.29) is 101 Å². The number of ether oxygens (including phenoxy) is 12. The highest BCUT2D eigenvalue weighted by Gasteiger charge is 2.40. The third-order valence-electron chi connectivity index (χ3n) is 27.8. The number of rotatable bonds is 39. The lowest BCUT2D eigenvalue weighted by Gasteiger charge is -2.35. The third kappa shape index (κ3) is 24.7. The molecule has 8 aliphatic heterocycles. The number of fused-ring (bicyclic) bond motifs is 12. The fraction of sp³-hybridized carbons (Fsp3) is 0.421. The van der Waals surface area contributed by atoms with Crippen LogP contribution in [0.5, 0.6) is 34.5 Å². The lowest BCUT2D eigenvalue weighted by Crippen LogP contribution is -2.44. The number of thiol groups is 1. The molecule has 0 spiro atoms. The van der Waals surface area contributed by atoms with Gasteiger partial charge < -0.3 is 86.2 Å². The van der Waals surface area contributed by atoms with Gasteiger partial charge in [0.15, 0.2) is 23.0 Å². The Morgan fingerprint density at radius 2 is 0.723 bits per heavy atom. The maximum Gasteiger partial charge on any atom is 0.256 e. The van der Waals surface area contributed by atoms with Crippen molar-refractivity contribution in [2.75, 3.05) is 137 Å². The third-order valence-corrected chi connectivity index (χ3v) is 31.0. The molecule has 5 atom stereocenters. The summed E-state index contributed by atoms with van der Waals surface area (Å²) in [5, 5.41) is 0. The van der Waals surface area contributed by atoms with Crippen molar-refractivity contribution in [3.05, 3.63) is 293 Å². The number of carbonyl (C=O) groups excluding carboxylic acids is 4. The topological polar surface area (TPSA) is 223 Å². The largest absolute Gasteiger partial charge is 0.493 e. The van der Waals surface area contributed by atoms with Crippen molar-refractivity contribution in [1.82, 2.24) is 19.6 Å². The monoisotopic (exact) mass is 1970 g/mol. The predicted molar refractivity (Wildman–Crippen MR) is 563 cm³/mol. The summed E-state index contributed by atoms with van der Waals surface area (Å²) < 4.78 is 71.7. The molecule has 4 amide bonds. The molecular weight excluding hydrogens is 1830 g/mol. The van der Waals surface area contributed by atoms with E-state index in [9.17, 15) is 19.2 Å². The maximum atomic E-state index is 14.2. The van der Waals surface area contributed by atoms with Crippen LogP contribution in [0, 0.1) is 13.8 Å². The van der Waals surface area contributed by atoms with Crippen LogP contribution in [0.15, 0.2) is 192 Å². The summed E-state index contributed by atoms with van der Waals surface area (Å²) in [6.45, 7) is 23.4. The predicted octanol–water partition coefficient (Wildman–Crippen LogP) is 18.7. The zero-order valence-electron chi connectivity index (χ0n) is 82.4. The summed E-state index contributed by atoms with van der Waals surface area (Å²) in [5.74, 6) is 3.52. The van der Waals surface area contributed by atoms with Crippen molar-refractivity contribution in [1.29, 1.82) is 0 Å². The molecule has 10 aromatic rings. The van der Waals surface area contributed by atoms with Crippen molar-refractivity contribution in [2.24, 2.45) is 9.98 Å². The Balaban J connectivity index is 0.000000202. The lowest BCUT2D eigenvalue weighted by atomic mass is 9.92. The van der Waals surface area contributed by atoms with Crippen LogP contribution in [0.1, 0.15) is 178 Å². The molecule has 0 radical (unpaired) electrons. The Morgan fingerprint density at radius 3 is 1.09 bits per heavy atom. The number of nitrogens with zero attached hydrogens (tertiary/aromatic N) is 8. The molecule has 0 N–H and O–H groups in total. The number of methoxy groups -OCH3 is 4. The van der Waals surface area contributed by atoms with Gasteiger partial charge in [-0.25, -0.2) is 0 Å². The highest BCUT2D eigenvalue weighted by atomic mass is 32.8. The van der Waals surface area contributed by atoms with Crippen LogP contribution in [0.25, 0.3) is 0 Å². The highest BCUT2D eigenvalue weighted by molar-refractivity contribution is 8.29. The molecular formula is C114H134N8O16S3. The fourth-order valence-electron chi connectivity index (χ4n) is 20.1. The number of aryl methyl sites for hydroxylation is 4. The Morgan fingerprint density at radius 1 is 0.390 bits per heavy atom. The number of amides is 4. The summed E-state index contributed by atoms with van der Waals surface area (Å²) in [5.41, 5.74) is 22.9. The van der Waals surface area contributed by atoms with E-state index in [0.717, 1.165) is 107 Å². The summed E-state index contributed by atoms with van der Waals surface area (Å²) >= 11 is 10.9. The SMILES string of the molecule is C.COCCOCCOCCN(CC(C)(C)S(C)=S)c1cc(COc2cc3c(cc2C)C(=O)N2Cc4ccccc4C[C@H]2C=N3)cc(COc2cc3c(cc2OC)C(=O)N2Cc4ccccc4C[C@H]2CC3)c1.COCCOCCOCCN(CC(C)(C)S)c1cc(COc2cc3c(cc2C)C(=O)N2Cc4ccccc4C[C@H]2C=N3)cc(COc2cc3c(cc2OC)C(=O)N2Cc4ccccc4C[C@H]2CC3)c1. The van der Waals surface area contributed by atoms with Crippen molar-refractivity contribution in [3.8, 4) is 34.5 Å². The van der Waals surface area contributed by atoms with Gasteiger partial charge in [-0.3, -0.25) is 29.2 Å². The highest BCUT2D eigenvalue weighted by Crippen LogP contribution is 2.44. The van der Waals surface area contributed by atoms with Gasteiger partial charge in [-0.05, 0) is 261 Å². The molecule has 1 unspecified atom stereocenters. The smallest absolute Gasteiger partial charge is 0.256 e. The summed E-state index contributed by atoms with van der Waals surface area (Å²) in [6.07, 6.45) is 12.3. The van der Waals surface area contributed by atoms with E-state index in [4.69, 9.17) is 90.6 Å². The molecule has 10 aromatic carbocycles. The molecule has 8 aliphatic rings. The van der Waals surface area contributed by atoms with Gasteiger partial charge in [-0.15, -0.1) is 9.45 Å². The summed E-state index contributed by atoms with van der Waals surface area (Å²) in [4.78, 5) is 78.9. The standard InChI is InChI=1S/C57H66N4O8S2.C56H64N4O8S.CH4/c1-38-23-50-51(58-32-48-28-42-12-8-10-14-45(42)34-61(48)56(50)63)31-52(38)68-35-39-24-40(26-47(25-39)59(37-57(2,3)71(6)70)17-18-66-21-22-67-20-19-64-4)36-69-54-29-43-15-16-46-27-41-11-7-9-13-44(41)33-60(46)55(62)49(43)30-53(54)65-5;1-37-22-49-50(57-31-47-27-41-11-7-9-13-44(41)33-60(47)55(49)62)30-51(37)67-34-38-23-39(25-46(24-38)58(36-56(2,3)69)16-17-65-20-21-66-19-18-63-4)35-68-53-28-42-14-15-45-26-40-10-6-8-12-43(40)32-59(45)54(61)48(42)29-52(53)64-5;/h7-14,23-26,29-32,46,48H,15-22,27-28,33-37H2,1-6H3;6-13,22-25,28-31,45,47,69H,14-21,26-27,32-36H2,1-5H3;1H4/t46-,48+,71?;45-,47+;/m11./s1. The number of benzene rings is 10. The zero-order chi connectivity index (χ0) is 97.7. The van der Waals surface area contributed by atoms with E-state index in [0.29, 0.717) is 187 Å². The second-order valence-electron chi connectivity index (χ2n) is 38.8. The molecule has 0 fully saturated rings. The van der Waals surface area contributed by atoms with E-state index in [1.807, 2.05) is 125 Å². The first kappa shape index (κ1) is 102. The Kier molecular flexibility index (Phi) is 33.9. The molecule has 744 valence electrons. The molecule has 0 saturated heterocycles. The Hall–Kier alpha value is -11.5. The van der Waals surface area contributed by atoms with Gasteiger partial charge in [0.05, 0.1) is 115 Å². The van der Waals surface area contributed by atoms with Crippen LogP contribution in [-0.4, -0.2) is 216 Å². The Bertz CT molecular complexity index is 6260. The van der Waals surface area contributed by atoms with Gasteiger partial charge in [0.1, 0.15) is 37.9 Å². The quantitative estimate of drug-likeness (QED) is 0.0279. The summed E-state index contributed by atoms with van der Waals surface area (Å²) in [6, 6.07) is 61.7. The van der Waals surface area contributed by atoms with E-state index in [1.165, 1.54) is 44.5 Å². The fourth-order valence-corrected chi connectivity index (χ4v) is 20.7. The van der Waals surface area contributed by atoms with Crippen LogP contribution >= 0.6 is 12.6 Å². The van der Waals surface area contributed by atoms with Crippen LogP contribution in [-0.2, 0) is 140 Å². The molecule has 0 bridgehead atoms. The number of hydrogen-bond acceptors (Lipinski definition) is 22. The molecule has 0 saturated carbocycles. The molecule has 8 heterocycles. The maximum absolute atomic E-state index is 14.2. The lowest BCUT2D eigenvalue weighted by molar-refractivity contribution is 0.0264. The molecule has 0 aliphatic carbocycles. The van der Waals surface area contributed by atoms with Crippen molar-refractivity contribution < 1.29 is 76.0 Å². The second kappa shape index (κ2) is 46.7. The van der Waals surface area contributed by atoms with Gasteiger partial charge in [-0.2, -0.15) is 12.6 Å². The van der Waals surface area contributed by atoms with Gasteiger partial charge in [0.2, 0.25) is 0 Å². The first-order chi connectivity index (χ1) is 67.8. The Labute approximate surface area is 843 Å². The van der Waals surface area contributed by atoms with Crippen LogP contribution in [0.3, 0.4) is 0 Å². The minimum atomic E-state index is -0.330. The molecule has 141 heavy (non-hydrogen) atoms. The van der Waals surface area contributed by atoms with Crippen molar-refractivity contribution in [2.45, 2.75) is 187 Å². The average molecular weight is 1970 g/mol.